The Morgan fingerprint density at radius 1 is 1.38 bits per heavy atom. The van der Waals surface area contributed by atoms with Gasteiger partial charge in [-0.3, -0.25) is 4.79 Å². The topological polar surface area (TPSA) is 54.1 Å². The van der Waals surface area contributed by atoms with E-state index in [-0.39, 0.29) is 24.3 Å². The van der Waals surface area contributed by atoms with Crippen molar-refractivity contribution in [2.75, 3.05) is 13.7 Å². The summed E-state index contributed by atoms with van der Waals surface area (Å²) in [6.07, 6.45) is 4.04. The Hall–Kier alpha value is -1.52. The van der Waals surface area contributed by atoms with E-state index in [2.05, 4.69) is 34.7 Å². The number of fused-ring (bicyclic) bond motifs is 2. The van der Waals surface area contributed by atoms with Crippen LogP contribution in [0.15, 0.2) is 24.4 Å². The molecule has 3 atom stereocenters. The minimum absolute atomic E-state index is 0. The highest BCUT2D eigenvalue weighted by Gasteiger charge is 2.38. The third kappa shape index (κ3) is 2.14. The van der Waals surface area contributed by atoms with E-state index in [0.717, 1.165) is 19.4 Å². The summed E-state index contributed by atoms with van der Waals surface area (Å²) >= 11 is 0. The maximum absolute atomic E-state index is 11.8. The zero-order valence-corrected chi connectivity index (χ0v) is 12.7. The van der Waals surface area contributed by atoms with Gasteiger partial charge >= 0.3 is 5.97 Å². The van der Waals surface area contributed by atoms with E-state index < -0.39 is 0 Å². The summed E-state index contributed by atoms with van der Waals surface area (Å²) in [5, 5.41) is 4.91. The van der Waals surface area contributed by atoms with Crippen LogP contribution in [0.2, 0.25) is 0 Å². The second-order valence-corrected chi connectivity index (χ2v) is 5.86. The van der Waals surface area contributed by atoms with Crippen molar-refractivity contribution in [3.05, 3.63) is 35.5 Å². The van der Waals surface area contributed by atoms with Crippen LogP contribution in [0.5, 0.6) is 0 Å². The number of esters is 1. The Morgan fingerprint density at radius 2 is 2.24 bits per heavy atom. The number of carbonyl (C=O) groups excluding carboxylic acids is 1. The quantitative estimate of drug-likeness (QED) is 0.795. The van der Waals surface area contributed by atoms with Crippen molar-refractivity contribution < 1.29 is 9.53 Å². The van der Waals surface area contributed by atoms with Crippen molar-refractivity contribution in [1.29, 1.82) is 0 Å². The molecule has 2 aromatic rings. The molecule has 1 aromatic heterocycles. The number of aromatic amines is 1. The summed E-state index contributed by atoms with van der Waals surface area (Å²) < 4.78 is 4.91. The molecule has 1 aliphatic heterocycles. The fraction of sp³-hybridized carbons (Fsp3) is 0.438. The number of hydrogen-bond acceptors (Lipinski definition) is 3. The second kappa shape index (κ2) is 5.35. The van der Waals surface area contributed by atoms with Gasteiger partial charge in [0.2, 0.25) is 0 Å². The molecular formula is C16H19ClN2O2. The van der Waals surface area contributed by atoms with Gasteiger partial charge in [-0.25, -0.2) is 0 Å². The standard InChI is InChI=1S/C16H18N2O2.ClH/c1-20-16(19)10-5-12-11-3-2-4-13-15(11)9(7-17-13)6-14(12)18-8-10;/h2-4,7,10,12,14,17-18H,5-6,8H2,1H3;1H/t10?,12-,14-;/m1./s1. The molecule has 0 saturated carbocycles. The van der Waals surface area contributed by atoms with Gasteiger partial charge in [0.1, 0.15) is 0 Å². The second-order valence-electron chi connectivity index (χ2n) is 5.86. The lowest BCUT2D eigenvalue weighted by Gasteiger charge is -2.39. The van der Waals surface area contributed by atoms with Crippen molar-refractivity contribution in [1.82, 2.24) is 10.3 Å². The van der Waals surface area contributed by atoms with E-state index in [1.165, 1.54) is 29.1 Å². The molecule has 1 saturated heterocycles. The predicted molar refractivity (Wildman–Crippen MR) is 83.9 cm³/mol. The molecule has 4 rings (SSSR count). The van der Waals surface area contributed by atoms with Crippen LogP contribution in [0.1, 0.15) is 23.5 Å². The van der Waals surface area contributed by atoms with Gasteiger partial charge in [0, 0.05) is 35.6 Å². The molecule has 2 N–H and O–H groups in total. The van der Waals surface area contributed by atoms with Crippen molar-refractivity contribution in [3.63, 3.8) is 0 Å². The SMILES string of the molecule is COC(=O)C1CN[C@@H]2Cc3c[nH]c4cccc(c34)[C@H]2C1.Cl. The molecule has 0 radical (unpaired) electrons. The Labute approximate surface area is 129 Å². The van der Waals surface area contributed by atoms with Crippen LogP contribution in [0, 0.1) is 5.92 Å². The molecular weight excluding hydrogens is 288 g/mol. The van der Waals surface area contributed by atoms with Gasteiger partial charge in [-0.1, -0.05) is 12.1 Å². The average Bonchev–Trinajstić information content (AvgIpc) is 2.91. The number of methoxy groups -OCH3 is 1. The number of carbonyl (C=O) groups is 1. The first-order valence-corrected chi connectivity index (χ1v) is 7.18. The maximum Gasteiger partial charge on any atom is 0.309 e. The number of benzene rings is 1. The van der Waals surface area contributed by atoms with Crippen LogP contribution in [-0.4, -0.2) is 30.6 Å². The minimum atomic E-state index is -0.0945. The van der Waals surface area contributed by atoms with E-state index in [4.69, 9.17) is 4.74 Å². The van der Waals surface area contributed by atoms with Crippen LogP contribution in [0.3, 0.4) is 0 Å². The van der Waals surface area contributed by atoms with Crippen molar-refractivity contribution >= 4 is 29.3 Å². The number of H-pyrrole nitrogens is 1. The van der Waals surface area contributed by atoms with Gasteiger partial charge in [0.05, 0.1) is 13.0 Å². The summed E-state index contributed by atoms with van der Waals surface area (Å²) in [6, 6.07) is 6.86. The van der Waals surface area contributed by atoms with Crippen LogP contribution >= 0.6 is 12.4 Å². The monoisotopic (exact) mass is 306 g/mol. The molecule has 1 aliphatic carbocycles. The summed E-state index contributed by atoms with van der Waals surface area (Å²) in [7, 11) is 1.47. The molecule has 0 spiro atoms. The molecule has 1 unspecified atom stereocenters. The molecule has 2 heterocycles. The van der Waals surface area contributed by atoms with Gasteiger partial charge in [-0.05, 0) is 30.0 Å². The van der Waals surface area contributed by atoms with Gasteiger partial charge < -0.3 is 15.0 Å². The summed E-state index contributed by atoms with van der Waals surface area (Å²) in [5.41, 5.74) is 3.97. The third-order valence-corrected chi connectivity index (χ3v) is 4.84. The Morgan fingerprint density at radius 3 is 3.05 bits per heavy atom. The minimum Gasteiger partial charge on any atom is -0.469 e. The fourth-order valence-corrected chi connectivity index (χ4v) is 3.89. The highest BCUT2D eigenvalue weighted by atomic mass is 35.5. The predicted octanol–water partition coefficient (Wildman–Crippen LogP) is 2.38. The largest absolute Gasteiger partial charge is 0.469 e. The fourth-order valence-electron chi connectivity index (χ4n) is 3.89. The van der Waals surface area contributed by atoms with Crippen molar-refractivity contribution in [2.24, 2.45) is 5.92 Å². The van der Waals surface area contributed by atoms with Gasteiger partial charge in [0.15, 0.2) is 0 Å². The van der Waals surface area contributed by atoms with Crippen molar-refractivity contribution in [2.45, 2.75) is 24.8 Å². The normalized spacial score (nSPS) is 26.8. The number of nitrogens with one attached hydrogen (secondary N) is 2. The van der Waals surface area contributed by atoms with Gasteiger partial charge in [-0.15, -0.1) is 12.4 Å². The van der Waals surface area contributed by atoms with E-state index in [1.54, 1.807) is 0 Å². The number of rotatable bonds is 1. The summed E-state index contributed by atoms with van der Waals surface area (Å²) in [5.74, 6) is 0.278. The molecule has 1 aromatic carbocycles. The van der Waals surface area contributed by atoms with E-state index in [9.17, 15) is 4.79 Å². The molecule has 1 fully saturated rings. The maximum atomic E-state index is 11.8. The zero-order valence-electron chi connectivity index (χ0n) is 11.9. The zero-order chi connectivity index (χ0) is 13.7. The Bertz CT molecular complexity index is 682. The average molecular weight is 307 g/mol. The van der Waals surface area contributed by atoms with Gasteiger partial charge in [-0.2, -0.15) is 0 Å². The summed E-state index contributed by atoms with van der Waals surface area (Å²) in [4.78, 5) is 15.2. The molecule has 5 heteroatoms. The summed E-state index contributed by atoms with van der Waals surface area (Å²) in [6.45, 7) is 0.726. The van der Waals surface area contributed by atoms with E-state index in [1.807, 2.05) is 0 Å². The lowest BCUT2D eigenvalue weighted by molar-refractivity contribution is -0.146. The van der Waals surface area contributed by atoms with E-state index >= 15 is 0 Å². The lowest BCUT2D eigenvalue weighted by Crippen LogP contribution is -2.48. The number of piperidine rings is 1. The molecule has 0 bridgehead atoms. The molecule has 21 heavy (non-hydrogen) atoms. The Balaban J connectivity index is 0.00000132. The Kier molecular flexibility index (Phi) is 3.68. The van der Waals surface area contributed by atoms with Crippen LogP contribution in [0.4, 0.5) is 0 Å². The smallest absolute Gasteiger partial charge is 0.309 e. The number of halogens is 1. The number of ether oxygens (including phenoxy) is 1. The molecule has 0 amide bonds. The highest BCUT2D eigenvalue weighted by molar-refractivity contribution is 5.88. The lowest BCUT2D eigenvalue weighted by atomic mass is 9.73. The number of aromatic nitrogens is 1. The molecule has 2 aliphatic rings. The number of hydrogen-bond donors (Lipinski definition) is 2. The highest BCUT2D eigenvalue weighted by Crippen LogP contribution is 2.41. The van der Waals surface area contributed by atoms with Crippen LogP contribution in [0.25, 0.3) is 10.9 Å². The van der Waals surface area contributed by atoms with Crippen molar-refractivity contribution in [3.8, 4) is 0 Å². The first kappa shape index (κ1) is 14.4. The molecule has 4 nitrogen and oxygen atoms in total. The third-order valence-electron chi connectivity index (χ3n) is 4.84. The van der Waals surface area contributed by atoms with Crippen LogP contribution < -0.4 is 5.32 Å². The van der Waals surface area contributed by atoms with E-state index in [0.29, 0.717) is 12.0 Å². The first-order chi connectivity index (χ1) is 9.78. The van der Waals surface area contributed by atoms with Crippen LogP contribution in [-0.2, 0) is 16.0 Å². The first-order valence-electron chi connectivity index (χ1n) is 7.18. The van der Waals surface area contributed by atoms with Gasteiger partial charge in [0.25, 0.3) is 0 Å². The molecule has 112 valence electrons.